The van der Waals surface area contributed by atoms with Gasteiger partial charge in [0, 0.05) is 38.8 Å². The molecule has 2 N–H and O–H groups in total. The molecule has 1 aliphatic heterocycles. The monoisotopic (exact) mass is 515 g/mol. The Hall–Kier alpha value is -1.68. The van der Waals surface area contributed by atoms with E-state index >= 15 is 0 Å². The standard InChI is InChI=1S/C21H30FN5O.HI/c1-15(2)20-12-19(28-26-20)13-24-21(23-3)25-18-8-10-27(11-9-18)14-16-4-6-17(22)7-5-16;/h4-7,12,15,18H,8-11,13-14H2,1-3H3,(H2,23,24,25);1H. The third kappa shape index (κ3) is 7.26. The summed E-state index contributed by atoms with van der Waals surface area (Å²) in [5, 5.41) is 10.9. The van der Waals surface area contributed by atoms with Crippen molar-refractivity contribution >= 4 is 29.9 Å². The van der Waals surface area contributed by atoms with E-state index in [1.54, 1.807) is 7.05 Å². The van der Waals surface area contributed by atoms with E-state index in [0.717, 1.165) is 55.5 Å². The summed E-state index contributed by atoms with van der Waals surface area (Å²) < 4.78 is 18.4. The highest BCUT2D eigenvalue weighted by molar-refractivity contribution is 14.0. The van der Waals surface area contributed by atoms with Gasteiger partial charge in [0.05, 0.1) is 12.2 Å². The molecular formula is C21H31FIN5O. The lowest BCUT2D eigenvalue weighted by Crippen LogP contribution is -2.48. The number of guanidine groups is 1. The van der Waals surface area contributed by atoms with Gasteiger partial charge in [0.15, 0.2) is 11.7 Å². The maximum absolute atomic E-state index is 13.0. The predicted octanol–water partition coefficient (Wildman–Crippen LogP) is 3.88. The molecule has 29 heavy (non-hydrogen) atoms. The van der Waals surface area contributed by atoms with Crippen molar-refractivity contribution in [3.63, 3.8) is 0 Å². The van der Waals surface area contributed by atoms with E-state index < -0.39 is 0 Å². The Morgan fingerprint density at radius 2 is 1.97 bits per heavy atom. The number of aromatic nitrogens is 1. The lowest BCUT2D eigenvalue weighted by atomic mass is 10.0. The summed E-state index contributed by atoms with van der Waals surface area (Å²) in [6.45, 7) is 7.63. The van der Waals surface area contributed by atoms with Crippen LogP contribution in [0.3, 0.4) is 0 Å². The van der Waals surface area contributed by atoms with E-state index in [1.807, 2.05) is 18.2 Å². The number of likely N-dealkylation sites (tertiary alicyclic amines) is 1. The predicted molar refractivity (Wildman–Crippen MR) is 124 cm³/mol. The average Bonchev–Trinajstić information content (AvgIpc) is 3.18. The summed E-state index contributed by atoms with van der Waals surface area (Å²) in [5.74, 6) is 1.76. The molecule has 0 atom stereocenters. The number of nitrogens with zero attached hydrogens (tertiary/aromatic N) is 3. The van der Waals surface area contributed by atoms with Crippen LogP contribution in [0.1, 0.15) is 49.6 Å². The minimum Gasteiger partial charge on any atom is -0.359 e. The van der Waals surface area contributed by atoms with Crippen LogP contribution in [0.15, 0.2) is 39.8 Å². The fourth-order valence-corrected chi connectivity index (χ4v) is 3.33. The number of piperidine rings is 1. The molecular weight excluding hydrogens is 484 g/mol. The average molecular weight is 515 g/mol. The van der Waals surface area contributed by atoms with Crippen molar-refractivity contribution in [2.75, 3.05) is 20.1 Å². The van der Waals surface area contributed by atoms with E-state index in [2.05, 4.69) is 39.5 Å². The Balaban J connectivity index is 0.00000300. The van der Waals surface area contributed by atoms with E-state index in [0.29, 0.717) is 18.5 Å². The summed E-state index contributed by atoms with van der Waals surface area (Å²) in [5.41, 5.74) is 2.12. The molecule has 1 aromatic heterocycles. The molecule has 6 nitrogen and oxygen atoms in total. The number of aliphatic imine (C=N–C) groups is 1. The zero-order valence-corrected chi connectivity index (χ0v) is 19.7. The second-order valence-corrected chi connectivity index (χ2v) is 7.62. The van der Waals surface area contributed by atoms with Gasteiger partial charge in [-0.25, -0.2) is 4.39 Å². The highest BCUT2D eigenvalue weighted by Gasteiger charge is 2.20. The third-order valence-electron chi connectivity index (χ3n) is 5.07. The highest BCUT2D eigenvalue weighted by atomic mass is 127. The van der Waals surface area contributed by atoms with Crippen LogP contribution in [-0.4, -0.2) is 42.2 Å². The van der Waals surface area contributed by atoms with Crippen LogP contribution < -0.4 is 10.6 Å². The van der Waals surface area contributed by atoms with Crippen LogP contribution >= 0.6 is 24.0 Å². The first-order chi connectivity index (χ1) is 13.5. The van der Waals surface area contributed by atoms with Crippen molar-refractivity contribution in [2.24, 2.45) is 4.99 Å². The second kappa shape index (κ2) is 11.5. The molecule has 8 heteroatoms. The van der Waals surface area contributed by atoms with Gasteiger partial charge in [-0.1, -0.05) is 31.1 Å². The van der Waals surface area contributed by atoms with Crippen LogP contribution in [0.5, 0.6) is 0 Å². The molecule has 2 heterocycles. The Morgan fingerprint density at radius 1 is 1.28 bits per heavy atom. The van der Waals surface area contributed by atoms with Crippen molar-refractivity contribution in [1.29, 1.82) is 0 Å². The number of hydrogen-bond acceptors (Lipinski definition) is 4. The smallest absolute Gasteiger partial charge is 0.191 e. The zero-order valence-electron chi connectivity index (χ0n) is 17.3. The van der Waals surface area contributed by atoms with Gasteiger partial charge in [-0.15, -0.1) is 24.0 Å². The summed E-state index contributed by atoms with van der Waals surface area (Å²) in [7, 11) is 1.78. The minimum atomic E-state index is -0.184. The lowest BCUT2D eigenvalue weighted by molar-refractivity contribution is 0.198. The van der Waals surface area contributed by atoms with Crippen LogP contribution in [0, 0.1) is 5.82 Å². The van der Waals surface area contributed by atoms with Crippen molar-refractivity contribution in [1.82, 2.24) is 20.7 Å². The van der Waals surface area contributed by atoms with E-state index in [-0.39, 0.29) is 29.8 Å². The van der Waals surface area contributed by atoms with Crippen molar-refractivity contribution in [3.05, 3.63) is 53.2 Å². The normalized spacial score (nSPS) is 16.0. The van der Waals surface area contributed by atoms with Crippen molar-refractivity contribution < 1.29 is 8.91 Å². The molecule has 160 valence electrons. The molecule has 1 aliphatic rings. The van der Waals surface area contributed by atoms with Gasteiger partial charge < -0.3 is 15.2 Å². The topological polar surface area (TPSA) is 65.7 Å². The molecule has 1 aromatic carbocycles. The summed E-state index contributed by atoms with van der Waals surface area (Å²) in [6, 6.07) is 9.14. The number of halogens is 2. The molecule has 3 rings (SSSR count). The molecule has 0 amide bonds. The fraction of sp³-hybridized carbons (Fsp3) is 0.524. The molecule has 0 saturated carbocycles. The Morgan fingerprint density at radius 3 is 2.55 bits per heavy atom. The van der Waals surface area contributed by atoms with E-state index in [1.165, 1.54) is 12.1 Å². The summed E-state index contributed by atoms with van der Waals surface area (Å²) >= 11 is 0. The van der Waals surface area contributed by atoms with Crippen LogP contribution in [-0.2, 0) is 13.1 Å². The van der Waals surface area contributed by atoms with Gasteiger partial charge in [0.25, 0.3) is 0 Å². The quantitative estimate of drug-likeness (QED) is 0.348. The molecule has 1 saturated heterocycles. The van der Waals surface area contributed by atoms with Gasteiger partial charge in [-0.2, -0.15) is 0 Å². The first-order valence-corrected chi connectivity index (χ1v) is 9.93. The van der Waals surface area contributed by atoms with Gasteiger partial charge in [-0.05, 0) is 36.5 Å². The second-order valence-electron chi connectivity index (χ2n) is 7.62. The SMILES string of the molecule is CN=C(NCc1cc(C(C)C)no1)NC1CCN(Cc2ccc(F)cc2)CC1.I. The van der Waals surface area contributed by atoms with Gasteiger partial charge in [0.2, 0.25) is 0 Å². The van der Waals surface area contributed by atoms with Crippen LogP contribution in [0.2, 0.25) is 0 Å². The lowest BCUT2D eigenvalue weighted by Gasteiger charge is -2.33. The molecule has 0 aliphatic carbocycles. The first kappa shape index (κ1) is 23.6. The zero-order chi connectivity index (χ0) is 19.9. The van der Waals surface area contributed by atoms with E-state index in [9.17, 15) is 4.39 Å². The summed E-state index contributed by atoms with van der Waals surface area (Å²) in [4.78, 5) is 6.72. The number of benzene rings is 1. The summed E-state index contributed by atoms with van der Waals surface area (Å²) in [6.07, 6.45) is 2.09. The maximum atomic E-state index is 13.0. The van der Waals surface area contributed by atoms with Crippen LogP contribution in [0.4, 0.5) is 4.39 Å². The number of rotatable bonds is 6. The van der Waals surface area contributed by atoms with Gasteiger partial charge in [0.1, 0.15) is 5.82 Å². The first-order valence-electron chi connectivity index (χ1n) is 9.93. The van der Waals surface area contributed by atoms with Crippen LogP contribution in [0.25, 0.3) is 0 Å². The molecule has 0 unspecified atom stereocenters. The largest absolute Gasteiger partial charge is 0.359 e. The Kier molecular flexibility index (Phi) is 9.35. The molecule has 0 radical (unpaired) electrons. The molecule has 2 aromatic rings. The minimum absolute atomic E-state index is 0. The molecule has 0 bridgehead atoms. The number of hydrogen-bond donors (Lipinski definition) is 2. The molecule has 0 spiro atoms. The van der Waals surface area contributed by atoms with Gasteiger partial charge in [-0.3, -0.25) is 9.89 Å². The van der Waals surface area contributed by atoms with Gasteiger partial charge >= 0.3 is 0 Å². The Labute approximate surface area is 189 Å². The van der Waals surface area contributed by atoms with E-state index in [4.69, 9.17) is 4.52 Å². The fourth-order valence-electron chi connectivity index (χ4n) is 3.33. The number of nitrogens with one attached hydrogen (secondary N) is 2. The van der Waals surface area contributed by atoms with Crippen molar-refractivity contribution in [2.45, 2.75) is 51.7 Å². The highest BCUT2D eigenvalue weighted by Crippen LogP contribution is 2.15. The Bertz CT molecular complexity index is 770. The molecule has 1 fully saturated rings. The van der Waals surface area contributed by atoms with Crippen molar-refractivity contribution in [3.8, 4) is 0 Å². The maximum Gasteiger partial charge on any atom is 0.191 e. The third-order valence-corrected chi connectivity index (χ3v) is 5.07.